The Morgan fingerprint density at radius 1 is 1.15 bits per heavy atom. The molecule has 3 N–H and O–H groups in total. The molecule has 0 radical (unpaired) electrons. The van der Waals surface area contributed by atoms with Crippen molar-refractivity contribution in [1.29, 1.82) is 5.41 Å². The number of hydrogen-bond acceptors (Lipinski definition) is 5. The number of nitrogens with zero attached hydrogens (tertiary/aromatic N) is 3. The zero-order valence-electron chi connectivity index (χ0n) is 10.4. The lowest BCUT2D eigenvalue weighted by atomic mass is 10.1. The third-order valence-electron chi connectivity index (χ3n) is 2.73. The molecule has 0 spiro atoms. The molecule has 98 valence electrons. The van der Waals surface area contributed by atoms with Gasteiger partial charge in [-0.3, -0.25) is 10.4 Å². The molecule has 0 unspecified atom stereocenters. The first-order chi connectivity index (χ1) is 9.74. The summed E-state index contributed by atoms with van der Waals surface area (Å²) in [5.41, 5.74) is 7.15. The zero-order valence-corrected chi connectivity index (χ0v) is 11.3. The average Bonchev–Trinajstić information content (AvgIpc) is 2.47. The van der Waals surface area contributed by atoms with Gasteiger partial charge in [-0.15, -0.1) is 0 Å². The van der Waals surface area contributed by atoms with E-state index in [9.17, 15) is 0 Å². The number of amidine groups is 1. The molecule has 0 aliphatic heterocycles. The first-order valence-electron chi connectivity index (χ1n) is 5.92. The van der Waals surface area contributed by atoms with Crippen molar-refractivity contribution in [1.82, 2.24) is 15.0 Å². The van der Waals surface area contributed by atoms with Gasteiger partial charge in [0, 0.05) is 23.3 Å². The molecule has 2 heterocycles. The molecule has 3 rings (SSSR count). The Morgan fingerprint density at radius 3 is 2.75 bits per heavy atom. The van der Waals surface area contributed by atoms with Gasteiger partial charge >= 0.3 is 0 Å². The summed E-state index contributed by atoms with van der Waals surface area (Å²) >= 11 is 1.40. The summed E-state index contributed by atoms with van der Waals surface area (Å²) in [6.45, 7) is 0. The minimum absolute atomic E-state index is 0.0320. The number of rotatable bonds is 3. The molecule has 1 aromatic carbocycles. The second-order valence-corrected chi connectivity index (χ2v) is 5.13. The van der Waals surface area contributed by atoms with E-state index in [2.05, 4.69) is 15.0 Å². The third-order valence-corrected chi connectivity index (χ3v) is 3.57. The third kappa shape index (κ3) is 2.46. The number of benzene rings is 1. The number of nitrogens with one attached hydrogen (secondary N) is 1. The van der Waals surface area contributed by atoms with Crippen LogP contribution in [-0.4, -0.2) is 20.8 Å². The molecule has 0 fully saturated rings. The lowest BCUT2D eigenvalue weighted by molar-refractivity contribution is 1.05. The molecular weight excluding hydrogens is 270 g/mol. The van der Waals surface area contributed by atoms with E-state index in [0.29, 0.717) is 5.56 Å². The van der Waals surface area contributed by atoms with Crippen molar-refractivity contribution >= 4 is 28.5 Å². The minimum Gasteiger partial charge on any atom is -0.384 e. The van der Waals surface area contributed by atoms with Crippen LogP contribution in [-0.2, 0) is 0 Å². The molecule has 6 heteroatoms. The van der Waals surface area contributed by atoms with Gasteiger partial charge in [-0.1, -0.05) is 18.2 Å². The fourth-order valence-corrected chi connectivity index (χ4v) is 2.63. The van der Waals surface area contributed by atoms with Crippen LogP contribution in [0.2, 0.25) is 0 Å². The minimum atomic E-state index is 0.0320. The van der Waals surface area contributed by atoms with Gasteiger partial charge in [-0.25, -0.2) is 9.97 Å². The molecule has 3 aromatic rings. The number of pyridine rings is 1. The number of fused-ring (bicyclic) bond motifs is 1. The van der Waals surface area contributed by atoms with E-state index < -0.39 is 0 Å². The van der Waals surface area contributed by atoms with E-state index in [1.54, 1.807) is 18.6 Å². The van der Waals surface area contributed by atoms with Crippen molar-refractivity contribution in [2.75, 3.05) is 0 Å². The van der Waals surface area contributed by atoms with E-state index in [1.165, 1.54) is 11.8 Å². The lowest BCUT2D eigenvalue weighted by Gasteiger charge is -2.07. The number of nitrogen functional groups attached to an aromatic ring is 1. The Bertz CT molecular complexity index is 773. The van der Waals surface area contributed by atoms with Crippen LogP contribution in [0.1, 0.15) is 5.56 Å². The molecule has 5 nitrogen and oxygen atoms in total. The highest BCUT2D eigenvalue weighted by Gasteiger charge is 2.09. The number of para-hydroxylation sites is 1. The summed E-state index contributed by atoms with van der Waals surface area (Å²) in [5.74, 6) is 0.0320. The van der Waals surface area contributed by atoms with Gasteiger partial charge in [0.25, 0.3) is 0 Å². The quantitative estimate of drug-likeness (QED) is 0.568. The van der Waals surface area contributed by atoms with Crippen molar-refractivity contribution < 1.29 is 0 Å². The first kappa shape index (κ1) is 12.6. The van der Waals surface area contributed by atoms with Crippen LogP contribution >= 0.6 is 11.8 Å². The van der Waals surface area contributed by atoms with Crippen LogP contribution in [0.25, 0.3) is 10.9 Å². The van der Waals surface area contributed by atoms with Gasteiger partial charge in [-0.2, -0.15) is 0 Å². The van der Waals surface area contributed by atoms with E-state index in [1.807, 2.05) is 30.3 Å². The Morgan fingerprint density at radius 2 is 2.00 bits per heavy atom. The van der Waals surface area contributed by atoms with Gasteiger partial charge in [0.1, 0.15) is 15.9 Å². The lowest BCUT2D eigenvalue weighted by Crippen LogP contribution is -2.12. The van der Waals surface area contributed by atoms with Crippen LogP contribution in [0, 0.1) is 5.41 Å². The molecule has 0 bridgehead atoms. The van der Waals surface area contributed by atoms with E-state index in [-0.39, 0.29) is 5.84 Å². The Kier molecular flexibility index (Phi) is 3.30. The van der Waals surface area contributed by atoms with Crippen molar-refractivity contribution in [3.63, 3.8) is 0 Å². The van der Waals surface area contributed by atoms with Gasteiger partial charge < -0.3 is 5.73 Å². The standard InChI is InChI=1S/C14H11N5S/c15-14(16)10-7-12(20-13-8-17-5-6-18-13)19-11-4-2-1-3-9(10)11/h1-8H,(H3,15,16). The van der Waals surface area contributed by atoms with Crippen LogP contribution in [0.15, 0.2) is 59.0 Å². The van der Waals surface area contributed by atoms with Crippen molar-refractivity contribution in [2.24, 2.45) is 5.73 Å². The van der Waals surface area contributed by atoms with E-state index >= 15 is 0 Å². The smallest absolute Gasteiger partial charge is 0.123 e. The highest BCUT2D eigenvalue weighted by atomic mass is 32.2. The molecule has 20 heavy (non-hydrogen) atoms. The normalized spacial score (nSPS) is 10.6. The molecule has 0 aliphatic rings. The molecule has 0 saturated heterocycles. The summed E-state index contributed by atoms with van der Waals surface area (Å²) in [5, 5.41) is 10.1. The summed E-state index contributed by atoms with van der Waals surface area (Å²) < 4.78 is 0. The number of hydrogen-bond donors (Lipinski definition) is 2. The molecule has 0 aliphatic carbocycles. The molecular formula is C14H11N5S. The maximum Gasteiger partial charge on any atom is 0.123 e. The van der Waals surface area contributed by atoms with Gasteiger partial charge in [-0.05, 0) is 23.9 Å². The van der Waals surface area contributed by atoms with Crippen LogP contribution in [0.3, 0.4) is 0 Å². The average molecular weight is 281 g/mol. The van der Waals surface area contributed by atoms with Gasteiger partial charge in [0.05, 0.1) is 11.7 Å². The fourth-order valence-electron chi connectivity index (χ4n) is 1.87. The van der Waals surface area contributed by atoms with Gasteiger partial charge in [0.15, 0.2) is 0 Å². The number of nitrogens with two attached hydrogens (primary N) is 1. The van der Waals surface area contributed by atoms with Crippen molar-refractivity contribution in [3.8, 4) is 0 Å². The molecule has 0 amide bonds. The maximum atomic E-state index is 7.71. The fraction of sp³-hybridized carbons (Fsp3) is 0. The summed E-state index contributed by atoms with van der Waals surface area (Å²) in [7, 11) is 0. The van der Waals surface area contributed by atoms with E-state index in [4.69, 9.17) is 11.1 Å². The molecule has 0 atom stereocenters. The maximum absolute atomic E-state index is 7.71. The monoisotopic (exact) mass is 281 g/mol. The summed E-state index contributed by atoms with van der Waals surface area (Å²) in [6.07, 6.45) is 4.93. The zero-order chi connectivity index (χ0) is 13.9. The first-order valence-corrected chi connectivity index (χ1v) is 6.74. The molecule has 2 aromatic heterocycles. The molecule has 0 saturated carbocycles. The van der Waals surface area contributed by atoms with Gasteiger partial charge in [0.2, 0.25) is 0 Å². The van der Waals surface area contributed by atoms with E-state index in [0.717, 1.165) is 21.0 Å². The predicted octanol–water partition coefficient (Wildman–Crippen LogP) is 2.46. The Balaban J connectivity index is 2.10. The van der Waals surface area contributed by atoms with Crippen LogP contribution < -0.4 is 5.73 Å². The second kappa shape index (κ2) is 5.26. The highest BCUT2D eigenvalue weighted by molar-refractivity contribution is 7.99. The van der Waals surface area contributed by atoms with Crippen LogP contribution in [0.4, 0.5) is 0 Å². The topological polar surface area (TPSA) is 88.5 Å². The Hall–Kier alpha value is -2.47. The van der Waals surface area contributed by atoms with Crippen LogP contribution in [0.5, 0.6) is 0 Å². The van der Waals surface area contributed by atoms with Crippen molar-refractivity contribution in [3.05, 3.63) is 54.5 Å². The summed E-state index contributed by atoms with van der Waals surface area (Å²) in [6, 6.07) is 9.45. The summed E-state index contributed by atoms with van der Waals surface area (Å²) in [4.78, 5) is 12.8. The van der Waals surface area contributed by atoms with Crippen molar-refractivity contribution in [2.45, 2.75) is 10.1 Å². The predicted molar refractivity (Wildman–Crippen MR) is 78.9 cm³/mol. The Labute approximate surface area is 119 Å². The highest BCUT2D eigenvalue weighted by Crippen LogP contribution is 2.27. The number of aromatic nitrogens is 3. The SMILES string of the molecule is N=C(N)c1cc(Sc2cnccn2)nc2ccccc12. The second-order valence-electron chi connectivity index (χ2n) is 4.08. The largest absolute Gasteiger partial charge is 0.384 e.